The maximum absolute atomic E-state index is 12.7. The number of thiophene rings is 1. The zero-order valence-corrected chi connectivity index (χ0v) is 14.2. The molecule has 0 spiro atoms. The molecule has 1 saturated carbocycles. The third kappa shape index (κ3) is 2.99. The Morgan fingerprint density at radius 2 is 2.09 bits per heavy atom. The number of nitrogens with one attached hydrogen (secondary N) is 1. The van der Waals surface area contributed by atoms with E-state index in [0.29, 0.717) is 0 Å². The minimum atomic E-state index is -1.05. The molecule has 0 saturated heterocycles. The van der Waals surface area contributed by atoms with Crippen molar-refractivity contribution < 1.29 is 14.6 Å². The van der Waals surface area contributed by atoms with Gasteiger partial charge in [-0.15, -0.1) is 11.3 Å². The van der Waals surface area contributed by atoms with Gasteiger partial charge in [-0.1, -0.05) is 24.3 Å². The molecule has 0 bridgehead atoms. The maximum atomic E-state index is 12.7. The number of hydrogen-bond acceptors (Lipinski definition) is 4. The van der Waals surface area contributed by atoms with Crippen LogP contribution in [-0.4, -0.2) is 24.7 Å². The lowest BCUT2D eigenvalue weighted by Crippen LogP contribution is -2.42. The number of benzene rings is 1. The van der Waals surface area contributed by atoms with Gasteiger partial charge >= 0.3 is 0 Å². The van der Waals surface area contributed by atoms with E-state index in [1.165, 1.54) is 11.3 Å². The van der Waals surface area contributed by atoms with E-state index in [-0.39, 0.29) is 12.5 Å². The molecule has 2 N–H and O–H groups in total. The van der Waals surface area contributed by atoms with Gasteiger partial charge in [0.25, 0.3) is 0 Å². The number of methoxy groups -OCH3 is 1. The zero-order chi connectivity index (χ0) is 16.5. The Balaban J connectivity index is 1.73. The van der Waals surface area contributed by atoms with Gasteiger partial charge in [-0.2, -0.15) is 0 Å². The molecule has 2 aromatic rings. The lowest BCUT2D eigenvalue weighted by Gasteiger charge is -2.25. The summed E-state index contributed by atoms with van der Waals surface area (Å²) in [7, 11) is 1.62. The lowest BCUT2D eigenvalue weighted by atomic mass is 9.93. The fourth-order valence-corrected chi connectivity index (χ4v) is 3.66. The second-order valence-corrected chi connectivity index (χ2v) is 7.16. The largest absolute Gasteiger partial charge is 0.496 e. The molecule has 5 heteroatoms. The number of carbonyl (C=O) groups excluding carboxylic acids is 1. The van der Waals surface area contributed by atoms with Gasteiger partial charge in [-0.05, 0) is 37.3 Å². The predicted octanol–water partition coefficient (Wildman–Crippen LogP) is 2.81. The van der Waals surface area contributed by atoms with Gasteiger partial charge in [-0.3, -0.25) is 4.79 Å². The summed E-state index contributed by atoms with van der Waals surface area (Å²) in [6.07, 6.45) is 1.61. The molecule has 0 aliphatic heterocycles. The van der Waals surface area contributed by atoms with Crippen molar-refractivity contribution in [1.29, 1.82) is 0 Å². The first-order valence-electron chi connectivity index (χ1n) is 7.68. The summed E-state index contributed by atoms with van der Waals surface area (Å²) in [5, 5.41) is 15.4. The van der Waals surface area contributed by atoms with Crippen LogP contribution in [0.15, 0.2) is 41.8 Å². The number of hydrogen-bond donors (Lipinski definition) is 2. The summed E-state index contributed by atoms with van der Waals surface area (Å²) < 4.78 is 5.40. The molecule has 122 valence electrons. The van der Waals surface area contributed by atoms with Crippen LogP contribution in [0.2, 0.25) is 0 Å². The molecular formula is C18H21NO3S. The SMILES string of the molecule is COc1ccccc1C1(C(=O)NCC(C)(O)c2cccs2)CC1. The van der Waals surface area contributed by atoms with Gasteiger partial charge < -0.3 is 15.2 Å². The molecule has 1 aliphatic rings. The number of rotatable bonds is 6. The third-order valence-electron chi connectivity index (χ3n) is 4.45. The van der Waals surface area contributed by atoms with E-state index in [1.54, 1.807) is 14.0 Å². The normalized spacial score (nSPS) is 18.0. The molecule has 23 heavy (non-hydrogen) atoms. The van der Waals surface area contributed by atoms with E-state index in [0.717, 1.165) is 29.0 Å². The highest BCUT2D eigenvalue weighted by molar-refractivity contribution is 7.10. The number of carbonyl (C=O) groups is 1. The lowest BCUT2D eigenvalue weighted by molar-refractivity contribution is -0.124. The molecule has 1 aromatic heterocycles. The Morgan fingerprint density at radius 1 is 1.35 bits per heavy atom. The van der Waals surface area contributed by atoms with Crippen molar-refractivity contribution in [1.82, 2.24) is 5.32 Å². The van der Waals surface area contributed by atoms with Crippen molar-refractivity contribution in [2.75, 3.05) is 13.7 Å². The highest BCUT2D eigenvalue weighted by atomic mass is 32.1. The van der Waals surface area contributed by atoms with E-state index < -0.39 is 11.0 Å². The van der Waals surface area contributed by atoms with Gasteiger partial charge in [0.1, 0.15) is 11.4 Å². The minimum Gasteiger partial charge on any atom is -0.496 e. The van der Waals surface area contributed by atoms with Crippen molar-refractivity contribution in [2.24, 2.45) is 0 Å². The Morgan fingerprint density at radius 3 is 2.70 bits per heavy atom. The molecule has 1 aromatic carbocycles. The second kappa shape index (κ2) is 5.98. The van der Waals surface area contributed by atoms with Gasteiger partial charge in [-0.25, -0.2) is 0 Å². The minimum absolute atomic E-state index is 0.0427. The number of aliphatic hydroxyl groups is 1. The average Bonchev–Trinajstić information content (AvgIpc) is 3.17. The summed E-state index contributed by atoms with van der Waals surface area (Å²) >= 11 is 1.49. The Labute approximate surface area is 140 Å². The molecule has 1 fully saturated rings. The maximum Gasteiger partial charge on any atom is 0.230 e. The summed E-state index contributed by atoms with van der Waals surface area (Å²) in [5.74, 6) is 0.698. The van der Waals surface area contributed by atoms with Crippen LogP contribution in [0.5, 0.6) is 5.75 Å². The molecule has 4 nitrogen and oxygen atoms in total. The van der Waals surface area contributed by atoms with Crippen molar-refractivity contribution in [3.8, 4) is 5.75 Å². The number of ether oxygens (including phenoxy) is 1. The van der Waals surface area contributed by atoms with Gasteiger partial charge in [0, 0.05) is 10.4 Å². The van der Waals surface area contributed by atoms with E-state index in [2.05, 4.69) is 5.32 Å². The van der Waals surface area contributed by atoms with Crippen LogP contribution in [0.4, 0.5) is 0 Å². The first kappa shape index (κ1) is 16.0. The fraction of sp³-hybridized carbons (Fsp3) is 0.389. The first-order valence-corrected chi connectivity index (χ1v) is 8.56. The monoisotopic (exact) mass is 331 g/mol. The smallest absolute Gasteiger partial charge is 0.230 e. The molecular weight excluding hydrogens is 310 g/mol. The van der Waals surface area contributed by atoms with Gasteiger partial charge in [0.2, 0.25) is 5.91 Å². The number of para-hydroxylation sites is 1. The highest BCUT2D eigenvalue weighted by Crippen LogP contribution is 2.51. The molecule has 0 radical (unpaired) electrons. The van der Waals surface area contributed by atoms with E-state index in [1.807, 2.05) is 41.8 Å². The topological polar surface area (TPSA) is 58.6 Å². The summed E-state index contributed by atoms with van der Waals surface area (Å²) in [6.45, 7) is 1.92. The van der Waals surface area contributed by atoms with Crippen LogP contribution < -0.4 is 10.1 Å². The van der Waals surface area contributed by atoms with Gasteiger partial charge in [0.15, 0.2) is 0 Å². The Kier molecular flexibility index (Phi) is 4.17. The molecule has 1 atom stereocenters. The molecule has 1 amide bonds. The van der Waals surface area contributed by atoms with E-state index in [4.69, 9.17) is 4.74 Å². The van der Waals surface area contributed by atoms with Crippen LogP contribution in [0.3, 0.4) is 0 Å². The molecule has 1 unspecified atom stereocenters. The van der Waals surface area contributed by atoms with Crippen molar-refractivity contribution >= 4 is 17.2 Å². The Bertz CT molecular complexity index is 690. The predicted molar refractivity (Wildman–Crippen MR) is 90.8 cm³/mol. The van der Waals surface area contributed by atoms with Crippen LogP contribution in [0.1, 0.15) is 30.2 Å². The second-order valence-electron chi connectivity index (χ2n) is 6.22. The van der Waals surface area contributed by atoms with E-state index >= 15 is 0 Å². The van der Waals surface area contributed by atoms with E-state index in [9.17, 15) is 9.90 Å². The molecule has 1 heterocycles. The van der Waals surface area contributed by atoms with Crippen molar-refractivity contribution in [3.63, 3.8) is 0 Å². The number of amides is 1. The average molecular weight is 331 g/mol. The van der Waals surface area contributed by atoms with Gasteiger partial charge in [0.05, 0.1) is 19.1 Å². The molecule has 1 aliphatic carbocycles. The van der Waals surface area contributed by atoms with Crippen molar-refractivity contribution in [2.45, 2.75) is 30.8 Å². The van der Waals surface area contributed by atoms with Crippen molar-refractivity contribution in [3.05, 3.63) is 52.2 Å². The standard InChI is InChI=1S/C18H21NO3S/c1-17(21,15-8-5-11-23-15)12-19-16(20)18(9-10-18)13-6-3-4-7-14(13)22-2/h3-8,11,21H,9-10,12H2,1-2H3,(H,19,20). The van der Waals surface area contributed by atoms with Crippen LogP contribution in [0, 0.1) is 0 Å². The Hall–Kier alpha value is -1.85. The first-order chi connectivity index (χ1) is 11.0. The highest BCUT2D eigenvalue weighted by Gasteiger charge is 2.53. The summed E-state index contributed by atoms with van der Waals surface area (Å²) in [4.78, 5) is 13.6. The quantitative estimate of drug-likeness (QED) is 0.856. The van der Waals surface area contributed by atoms with Crippen LogP contribution in [0.25, 0.3) is 0 Å². The summed E-state index contributed by atoms with van der Waals surface area (Å²) in [5.41, 5.74) is -0.644. The van der Waals surface area contributed by atoms with Crippen LogP contribution >= 0.6 is 11.3 Å². The third-order valence-corrected chi connectivity index (χ3v) is 5.58. The van der Waals surface area contributed by atoms with Crippen LogP contribution in [-0.2, 0) is 15.8 Å². The molecule has 3 rings (SSSR count). The summed E-state index contributed by atoms with van der Waals surface area (Å²) in [6, 6.07) is 11.4. The fourth-order valence-electron chi connectivity index (χ4n) is 2.88. The zero-order valence-electron chi connectivity index (χ0n) is 13.3.